The number of halogens is 1. The molecule has 1 fully saturated rings. The fourth-order valence-corrected chi connectivity index (χ4v) is 3.24. The number of carbonyl (C=O) groups excluding carboxylic acids is 2. The van der Waals surface area contributed by atoms with Crippen LogP contribution in [-0.2, 0) is 23.8 Å². The van der Waals surface area contributed by atoms with Gasteiger partial charge in [-0.25, -0.2) is 0 Å². The highest BCUT2D eigenvalue weighted by atomic mass is 35.5. The van der Waals surface area contributed by atoms with Crippen LogP contribution in [0.15, 0.2) is 22.8 Å². The molecule has 1 N–H and O–H groups in total. The molecule has 2 rings (SSSR count). The fraction of sp³-hybridized carbons (Fsp3) is 0.667. The van der Waals surface area contributed by atoms with Crippen LogP contribution in [0.3, 0.4) is 0 Å². The molecule has 0 spiro atoms. The highest BCUT2D eigenvalue weighted by Gasteiger charge is 2.37. The third-order valence-corrected chi connectivity index (χ3v) is 4.74. The normalized spacial score (nSPS) is 35.6. The molecule has 7 heteroatoms. The standard InChI is InChI=1S/C18H25ClO6/c1-11-4-3-5-13(19)6-7-14-8-16(17(10-20)24-14)25-18(22)9-15(11)23-12(2)21/h4-5,14-17,20H,3,6-10H2,1-2H3/b11-4-,13-5+/t14-,15+,16+,17+/m0/s1. The number of esters is 2. The summed E-state index contributed by atoms with van der Waals surface area (Å²) in [6.45, 7) is 2.89. The highest BCUT2D eigenvalue weighted by molar-refractivity contribution is 6.29. The highest BCUT2D eigenvalue weighted by Crippen LogP contribution is 2.29. The second-order valence-electron chi connectivity index (χ2n) is 6.42. The maximum atomic E-state index is 12.3. The van der Waals surface area contributed by atoms with Crippen LogP contribution in [0.5, 0.6) is 0 Å². The van der Waals surface area contributed by atoms with E-state index in [9.17, 15) is 14.7 Å². The number of hydrogen-bond acceptors (Lipinski definition) is 6. The van der Waals surface area contributed by atoms with Crippen LogP contribution in [0.25, 0.3) is 0 Å². The molecular formula is C18H25ClO6. The van der Waals surface area contributed by atoms with Crippen molar-refractivity contribution >= 4 is 23.5 Å². The Kier molecular flexibility index (Phi) is 7.47. The molecule has 25 heavy (non-hydrogen) atoms. The Balaban J connectivity index is 2.19. The summed E-state index contributed by atoms with van der Waals surface area (Å²) in [7, 11) is 0. The van der Waals surface area contributed by atoms with E-state index in [0.29, 0.717) is 25.7 Å². The van der Waals surface area contributed by atoms with Crippen LogP contribution in [0.1, 0.15) is 46.0 Å². The average Bonchev–Trinajstić information content (AvgIpc) is 2.92. The number of ether oxygens (including phenoxy) is 3. The topological polar surface area (TPSA) is 82.1 Å². The Morgan fingerprint density at radius 1 is 1.44 bits per heavy atom. The average molecular weight is 373 g/mol. The fourth-order valence-electron chi connectivity index (χ4n) is 3.04. The molecule has 1 saturated heterocycles. The van der Waals surface area contributed by atoms with Crippen LogP contribution >= 0.6 is 11.6 Å². The van der Waals surface area contributed by atoms with Crippen molar-refractivity contribution in [3.05, 3.63) is 22.8 Å². The minimum atomic E-state index is -0.675. The van der Waals surface area contributed by atoms with E-state index in [1.54, 1.807) is 6.92 Å². The molecule has 2 bridgehead atoms. The van der Waals surface area contributed by atoms with Crippen LogP contribution < -0.4 is 0 Å². The van der Waals surface area contributed by atoms with Gasteiger partial charge in [-0.05, 0) is 31.8 Å². The summed E-state index contributed by atoms with van der Waals surface area (Å²) in [4.78, 5) is 23.6. The lowest BCUT2D eigenvalue weighted by atomic mass is 10.0. The van der Waals surface area contributed by atoms with Gasteiger partial charge in [-0.15, -0.1) is 0 Å². The van der Waals surface area contributed by atoms with Gasteiger partial charge in [0.05, 0.1) is 19.1 Å². The van der Waals surface area contributed by atoms with E-state index < -0.39 is 30.3 Å². The van der Waals surface area contributed by atoms with E-state index in [1.165, 1.54) is 6.92 Å². The van der Waals surface area contributed by atoms with Crippen molar-refractivity contribution in [1.29, 1.82) is 0 Å². The second kappa shape index (κ2) is 9.36. The third-order valence-electron chi connectivity index (χ3n) is 4.39. The predicted octanol–water partition coefficient (Wildman–Crippen LogP) is 2.62. The summed E-state index contributed by atoms with van der Waals surface area (Å²) >= 11 is 6.24. The summed E-state index contributed by atoms with van der Waals surface area (Å²) in [6, 6.07) is 0. The lowest BCUT2D eigenvalue weighted by Gasteiger charge is -2.20. The van der Waals surface area contributed by atoms with Gasteiger partial charge in [-0.3, -0.25) is 9.59 Å². The van der Waals surface area contributed by atoms with Gasteiger partial charge in [0.15, 0.2) is 0 Å². The minimum Gasteiger partial charge on any atom is -0.459 e. The van der Waals surface area contributed by atoms with Crippen molar-refractivity contribution in [2.75, 3.05) is 6.61 Å². The summed E-state index contributed by atoms with van der Waals surface area (Å²) in [5.74, 6) is -0.935. The molecule has 0 aromatic heterocycles. The number of rotatable bonds is 2. The number of aliphatic hydroxyl groups excluding tert-OH is 1. The molecule has 0 unspecified atom stereocenters. The zero-order chi connectivity index (χ0) is 18.4. The molecule has 0 aromatic rings. The van der Waals surface area contributed by atoms with Gasteiger partial charge in [0.1, 0.15) is 18.3 Å². The quantitative estimate of drug-likeness (QED) is 0.592. The molecule has 0 aromatic carbocycles. The molecule has 0 amide bonds. The number of carbonyl (C=O) groups is 2. The Labute approximate surface area is 152 Å². The number of allylic oxidation sites excluding steroid dienone is 3. The summed E-state index contributed by atoms with van der Waals surface area (Å²) in [5, 5.41) is 10.2. The van der Waals surface area contributed by atoms with Gasteiger partial charge >= 0.3 is 11.9 Å². The summed E-state index contributed by atoms with van der Waals surface area (Å²) < 4.78 is 16.5. The first-order chi connectivity index (χ1) is 11.9. The van der Waals surface area contributed by atoms with E-state index >= 15 is 0 Å². The molecule has 0 saturated carbocycles. The minimum absolute atomic E-state index is 0.0708. The Morgan fingerprint density at radius 3 is 2.88 bits per heavy atom. The molecule has 6 nitrogen and oxygen atoms in total. The molecular weight excluding hydrogens is 348 g/mol. The maximum Gasteiger partial charge on any atom is 0.310 e. The van der Waals surface area contributed by atoms with Crippen LogP contribution in [0.4, 0.5) is 0 Å². The van der Waals surface area contributed by atoms with E-state index in [0.717, 1.165) is 10.6 Å². The first kappa shape index (κ1) is 19.9. The van der Waals surface area contributed by atoms with Gasteiger partial charge in [-0.1, -0.05) is 23.8 Å². The Hall–Kier alpha value is -1.37. The van der Waals surface area contributed by atoms with E-state index in [-0.39, 0.29) is 19.1 Å². The third kappa shape index (κ3) is 6.13. The molecule has 0 radical (unpaired) electrons. The van der Waals surface area contributed by atoms with Gasteiger partial charge < -0.3 is 19.3 Å². The van der Waals surface area contributed by atoms with Crippen molar-refractivity contribution in [3.8, 4) is 0 Å². The van der Waals surface area contributed by atoms with E-state index in [2.05, 4.69) is 0 Å². The Morgan fingerprint density at radius 2 is 2.20 bits per heavy atom. The zero-order valence-corrected chi connectivity index (χ0v) is 15.3. The first-order valence-corrected chi connectivity index (χ1v) is 8.91. The van der Waals surface area contributed by atoms with Crippen molar-refractivity contribution in [3.63, 3.8) is 0 Å². The number of fused-ring (bicyclic) bond motifs is 2. The molecule has 140 valence electrons. The monoisotopic (exact) mass is 372 g/mol. The van der Waals surface area contributed by atoms with Crippen LogP contribution in [-0.4, -0.2) is 48.1 Å². The van der Waals surface area contributed by atoms with Crippen molar-refractivity contribution in [2.45, 2.75) is 70.4 Å². The molecule has 2 heterocycles. The van der Waals surface area contributed by atoms with E-state index in [1.807, 2.05) is 12.2 Å². The molecule has 0 aliphatic carbocycles. The van der Waals surface area contributed by atoms with E-state index in [4.69, 9.17) is 25.8 Å². The lowest BCUT2D eigenvalue weighted by Crippen LogP contribution is -2.32. The summed E-state index contributed by atoms with van der Waals surface area (Å²) in [6.07, 6.45) is 4.36. The summed E-state index contributed by atoms with van der Waals surface area (Å²) in [5.41, 5.74) is 0.768. The zero-order valence-electron chi connectivity index (χ0n) is 14.6. The van der Waals surface area contributed by atoms with Crippen molar-refractivity contribution < 1.29 is 28.9 Å². The Bertz CT molecular complexity index is 556. The smallest absolute Gasteiger partial charge is 0.310 e. The van der Waals surface area contributed by atoms with Gasteiger partial charge in [0, 0.05) is 18.4 Å². The number of aliphatic hydroxyl groups is 1. The lowest BCUT2D eigenvalue weighted by molar-refractivity contribution is -0.158. The molecule has 2 aliphatic rings. The SMILES string of the molecule is CC(=O)O[C@@H]1CC(=O)O[C@@H]2C[C@H](CC/C(Cl)=C\C/C=C\1C)O[C@@H]2CO. The van der Waals surface area contributed by atoms with Gasteiger partial charge in [0.2, 0.25) is 0 Å². The van der Waals surface area contributed by atoms with Crippen molar-refractivity contribution in [2.24, 2.45) is 0 Å². The predicted molar refractivity (Wildman–Crippen MR) is 92.0 cm³/mol. The van der Waals surface area contributed by atoms with Gasteiger partial charge in [0.25, 0.3) is 0 Å². The number of hydrogen-bond donors (Lipinski definition) is 1. The second-order valence-corrected chi connectivity index (χ2v) is 6.90. The maximum absolute atomic E-state index is 12.3. The first-order valence-electron chi connectivity index (χ1n) is 8.53. The molecule has 2 aliphatic heterocycles. The molecule has 4 atom stereocenters. The van der Waals surface area contributed by atoms with Crippen LogP contribution in [0, 0.1) is 0 Å². The van der Waals surface area contributed by atoms with Gasteiger partial charge in [-0.2, -0.15) is 0 Å². The largest absolute Gasteiger partial charge is 0.459 e. The van der Waals surface area contributed by atoms with Crippen molar-refractivity contribution in [1.82, 2.24) is 0 Å². The van der Waals surface area contributed by atoms with Crippen LogP contribution in [0.2, 0.25) is 0 Å².